The highest BCUT2D eigenvalue weighted by Crippen LogP contribution is 2.20. The Bertz CT molecular complexity index is 320. The monoisotopic (exact) mass is 164 g/mol. The molecule has 0 saturated heterocycles. The van der Waals surface area contributed by atoms with E-state index in [0.717, 1.165) is 17.1 Å². The summed E-state index contributed by atoms with van der Waals surface area (Å²) in [7, 11) is 1.88. The van der Waals surface area contributed by atoms with Crippen molar-refractivity contribution in [2.24, 2.45) is 7.05 Å². The molecular formula is C9H12N2O. The summed E-state index contributed by atoms with van der Waals surface area (Å²) in [4.78, 5) is 0. The second-order valence-electron chi connectivity index (χ2n) is 2.62. The molecule has 0 aliphatic rings. The van der Waals surface area contributed by atoms with Gasteiger partial charge in [0.25, 0.3) is 0 Å². The zero-order valence-corrected chi connectivity index (χ0v) is 7.59. The van der Waals surface area contributed by atoms with Gasteiger partial charge in [-0.2, -0.15) is 5.10 Å². The van der Waals surface area contributed by atoms with Crippen LogP contribution in [0.2, 0.25) is 0 Å². The lowest BCUT2D eigenvalue weighted by Crippen LogP contribution is -1.96. The third-order valence-electron chi connectivity index (χ3n) is 1.74. The van der Waals surface area contributed by atoms with Crippen molar-refractivity contribution in [3.05, 3.63) is 11.4 Å². The second kappa shape index (κ2) is 3.31. The maximum atomic E-state index is 5.32. The zero-order valence-electron chi connectivity index (χ0n) is 7.59. The van der Waals surface area contributed by atoms with Crippen molar-refractivity contribution < 1.29 is 4.74 Å². The number of aryl methyl sites for hydroxylation is 2. The Kier molecular flexibility index (Phi) is 2.39. The molecule has 0 atom stereocenters. The molecule has 1 rings (SSSR count). The Morgan fingerprint density at radius 3 is 2.67 bits per heavy atom. The van der Waals surface area contributed by atoms with Crippen LogP contribution in [0, 0.1) is 26.2 Å². The largest absolute Gasteiger partial charge is 0.477 e. The van der Waals surface area contributed by atoms with Gasteiger partial charge >= 0.3 is 0 Å². The Morgan fingerprint density at radius 1 is 1.58 bits per heavy atom. The predicted molar refractivity (Wildman–Crippen MR) is 47.0 cm³/mol. The van der Waals surface area contributed by atoms with E-state index in [1.165, 1.54) is 0 Å². The molecule has 0 amide bonds. The molecule has 3 nitrogen and oxygen atoms in total. The van der Waals surface area contributed by atoms with Crippen molar-refractivity contribution in [3.63, 3.8) is 0 Å². The molecule has 0 unspecified atom stereocenters. The first-order chi connectivity index (χ1) is 5.66. The molecule has 0 aromatic carbocycles. The number of terminal acetylenes is 1. The molecule has 0 aliphatic carbocycles. The molecule has 1 aromatic rings. The molecule has 0 saturated carbocycles. The predicted octanol–water partition coefficient (Wildman–Crippen LogP) is 1.05. The minimum Gasteiger partial charge on any atom is -0.477 e. The van der Waals surface area contributed by atoms with Crippen molar-refractivity contribution in [1.82, 2.24) is 9.78 Å². The van der Waals surface area contributed by atoms with Gasteiger partial charge in [0.15, 0.2) is 5.75 Å². The molecule has 0 N–H and O–H groups in total. The minimum absolute atomic E-state index is 0.299. The van der Waals surface area contributed by atoms with Crippen LogP contribution in [0.4, 0.5) is 0 Å². The first-order valence-electron chi connectivity index (χ1n) is 3.73. The topological polar surface area (TPSA) is 27.1 Å². The van der Waals surface area contributed by atoms with Crippen LogP contribution in [0.3, 0.4) is 0 Å². The van der Waals surface area contributed by atoms with Crippen LogP contribution in [-0.4, -0.2) is 16.4 Å². The zero-order chi connectivity index (χ0) is 9.14. The van der Waals surface area contributed by atoms with Crippen LogP contribution in [-0.2, 0) is 7.05 Å². The number of hydrogen-bond acceptors (Lipinski definition) is 2. The Labute approximate surface area is 72.3 Å². The van der Waals surface area contributed by atoms with Crippen LogP contribution in [0.1, 0.15) is 11.4 Å². The fourth-order valence-electron chi connectivity index (χ4n) is 1.08. The summed E-state index contributed by atoms with van der Waals surface area (Å²) in [5, 5.41) is 4.19. The smallest absolute Gasteiger partial charge is 0.164 e. The Balaban J connectivity index is 2.91. The average Bonchev–Trinajstić information content (AvgIpc) is 2.25. The van der Waals surface area contributed by atoms with Crippen molar-refractivity contribution in [2.75, 3.05) is 6.61 Å². The molecule has 1 aromatic heterocycles. The fourth-order valence-corrected chi connectivity index (χ4v) is 1.08. The Hall–Kier alpha value is -1.43. The van der Waals surface area contributed by atoms with Gasteiger partial charge < -0.3 is 4.74 Å². The third kappa shape index (κ3) is 1.42. The molecule has 64 valence electrons. The van der Waals surface area contributed by atoms with E-state index >= 15 is 0 Å². The van der Waals surface area contributed by atoms with Crippen LogP contribution in [0.15, 0.2) is 0 Å². The first kappa shape index (κ1) is 8.66. The summed E-state index contributed by atoms with van der Waals surface area (Å²) in [6.45, 7) is 4.15. The highest BCUT2D eigenvalue weighted by atomic mass is 16.5. The molecule has 0 fully saturated rings. The number of ether oxygens (including phenoxy) is 1. The highest BCUT2D eigenvalue weighted by molar-refractivity contribution is 5.31. The SMILES string of the molecule is C#CCOc1c(C)nn(C)c1C. The summed E-state index contributed by atoms with van der Waals surface area (Å²) in [6.07, 6.45) is 5.08. The van der Waals surface area contributed by atoms with Gasteiger partial charge in [0.05, 0.1) is 5.69 Å². The quantitative estimate of drug-likeness (QED) is 0.611. The van der Waals surface area contributed by atoms with Gasteiger partial charge in [0.1, 0.15) is 12.3 Å². The maximum absolute atomic E-state index is 5.32. The average molecular weight is 164 g/mol. The van der Waals surface area contributed by atoms with Crippen LogP contribution in [0.25, 0.3) is 0 Å². The summed E-state index contributed by atoms with van der Waals surface area (Å²) in [5.41, 5.74) is 1.88. The normalized spacial score (nSPS) is 9.50. The Morgan fingerprint density at radius 2 is 2.25 bits per heavy atom. The van der Waals surface area contributed by atoms with E-state index in [1.54, 1.807) is 4.68 Å². The molecule has 1 heterocycles. The molecule has 0 spiro atoms. The van der Waals surface area contributed by atoms with E-state index in [2.05, 4.69) is 11.0 Å². The lowest BCUT2D eigenvalue weighted by molar-refractivity contribution is 0.364. The van der Waals surface area contributed by atoms with Gasteiger partial charge in [0.2, 0.25) is 0 Å². The summed E-state index contributed by atoms with van der Waals surface area (Å²) < 4.78 is 7.10. The number of nitrogens with zero attached hydrogens (tertiary/aromatic N) is 2. The van der Waals surface area contributed by atoms with Gasteiger partial charge in [-0.15, -0.1) is 6.42 Å². The van der Waals surface area contributed by atoms with Crippen molar-refractivity contribution in [2.45, 2.75) is 13.8 Å². The summed E-state index contributed by atoms with van der Waals surface area (Å²) >= 11 is 0. The van der Waals surface area contributed by atoms with Crippen LogP contribution < -0.4 is 4.74 Å². The van der Waals surface area contributed by atoms with Crippen molar-refractivity contribution in [1.29, 1.82) is 0 Å². The van der Waals surface area contributed by atoms with E-state index in [0.29, 0.717) is 6.61 Å². The van der Waals surface area contributed by atoms with Gasteiger partial charge in [-0.1, -0.05) is 5.92 Å². The van der Waals surface area contributed by atoms with Crippen molar-refractivity contribution >= 4 is 0 Å². The fraction of sp³-hybridized carbons (Fsp3) is 0.444. The second-order valence-corrected chi connectivity index (χ2v) is 2.62. The lowest BCUT2D eigenvalue weighted by atomic mass is 10.3. The first-order valence-corrected chi connectivity index (χ1v) is 3.73. The van der Waals surface area contributed by atoms with Gasteiger partial charge in [-0.3, -0.25) is 4.68 Å². The van der Waals surface area contributed by atoms with Crippen LogP contribution in [0.5, 0.6) is 5.75 Å². The standard InChI is InChI=1S/C9H12N2O/c1-5-6-12-9-7(2)10-11(4)8(9)3/h1H,6H2,2-4H3. The highest BCUT2D eigenvalue weighted by Gasteiger charge is 2.09. The van der Waals surface area contributed by atoms with E-state index in [-0.39, 0.29) is 0 Å². The van der Waals surface area contributed by atoms with E-state index in [4.69, 9.17) is 11.2 Å². The third-order valence-corrected chi connectivity index (χ3v) is 1.74. The number of aromatic nitrogens is 2. The molecule has 3 heteroatoms. The van der Waals surface area contributed by atoms with E-state index < -0.39 is 0 Å². The van der Waals surface area contributed by atoms with Gasteiger partial charge in [-0.25, -0.2) is 0 Å². The van der Waals surface area contributed by atoms with Gasteiger partial charge in [-0.05, 0) is 13.8 Å². The summed E-state index contributed by atoms with van der Waals surface area (Å²) in [5.74, 6) is 3.22. The number of hydrogen-bond donors (Lipinski definition) is 0. The molecular weight excluding hydrogens is 152 g/mol. The van der Waals surface area contributed by atoms with Crippen LogP contribution >= 0.6 is 0 Å². The van der Waals surface area contributed by atoms with Crippen molar-refractivity contribution in [3.8, 4) is 18.1 Å². The molecule has 0 radical (unpaired) electrons. The van der Waals surface area contributed by atoms with Gasteiger partial charge in [0, 0.05) is 7.05 Å². The molecule has 12 heavy (non-hydrogen) atoms. The molecule has 0 aliphatic heterocycles. The number of rotatable bonds is 2. The maximum Gasteiger partial charge on any atom is 0.164 e. The molecule has 0 bridgehead atoms. The van der Waals surface area contributed by atoms with E-state index in [1.807, 2.05) is 20.9 Å². The lowest BCUT2D eigenvalue weighted by Gasteiger charge is -2.00. The van der Waals surface area contributed by atoms with E-state index in [9.17, 15) is 0 Å². The minimum atomic E-state index is 0.299. The summed E-state index contributed by atoms with van der Waals surface area (Å²) in [6, 6.07) is 0.